The SMILES string of the molecule is Fc1ccccc1Cn1cnc(-c2cc(C3NNNC3C(F)(F)F)ccn2)c1. The predicted molar refractivity (Wildman–Crippen MR) is 93.0 cm³/mol. The molecule has 3 N–H and O–H groups in total. The van der Waals surface area contributed by atoms with Gasteiger partial charge in [0.15, 0.2) is 0 Å². The highest BCUT2D eigenvalue weighted by Gasteiger charge is 2.48. The summed E-state index contributed by atoms with van der Waals surface area (Å²) in [6.45, 7) is 0.285. The zero-order chi connectivity index (χ0) is 19.7. The third-order valence-corrected chi connectivity index (χ3v) is 4.49. The summed E-state index contributed by atoms with van der Waals surface area (Å²) in [5.41, 5.74) is 8.92. The molecule has 1 aliphatic rings. The van der Waals surface area contributed by atoms with Gasteiger partial charge in [0, 0.05) is 18.0 Å². The standard InChI is InChI=1S/C18H16F4N6/c19-13-4-2-1-3-12(13)8-28-9-15(24-10-28)14-7-11(5-6-23-14)16-17(18(20,21)22)26-27-25-16/h1-7,9-10,16-17,25-27H,8H2. The van der Waals surface area contributed by atoms with E-state index in [-0.39, 0.29) is 12.4 Å². The fraction of sp³-hybridized carbons (Fsp3) is 0.222. The number of imidazole rings is 1. The third kappa shape index (κ3) is 3.75. The van der Waals surface area contributed by atoms with Crippen LogP contribution in [0.15, 0.2) is 55.1 Å². The van der Waals surface area contributed by atoms with E-state index in [0.717, 1.165) is 0 Å². The Hall–Kier alpha value is -2.82. The van der Waals surface area contributed by atoms with Gasteiger partial charge in [-0.15, -0.1) is 0 Å². The summed E-state index contributed by atoms with van der Waals surface area (Å²) in [6.07, 6.45) is 0.226. The first-order chi connectivity index (χ1) is 13.4. The molecule has 10 heteroatoms. The molecule has 0 saturated carbocycles. The van der Waals surface area contributed by atoms with Gasteiger partial charge in [-0.1, -0.05) is 18.2 Å². The summed E-state index contributed by atoms with van der Waals surface area (Å²) < 4.78 is 55.0. The molecule has 1 saturated heterocycles. The zero-order valence-electron chi connectivity index (χ0n) is 14.4. The highest BCUT2D eigenvalue weighted by Crippen LogP contribution is 2.32. The summed E-state index contributed by atoms with van der Waals surface area (Å²) in [5, 5.41) is 0. The van der Waals surface area contributed by atoms with Crippen molar-refractivity contribution in [1.29, 1.82) is 0 Å². The van der Waals surface area contributed by atoms with Gasteiger partial charge in [-0.25, -0.2) is 20.2 Å². The first kappa shape index (κ1) is 18.5. The van der Waals surface area contributed by atoms with Crippen LogP contribution in [0.2, 0.25) is 0 Å². The summed E-state index contributed by atoms with van der Waals surface area (Å²) in [4.78, 5) is 8.46. The van der Waals surface area contributed by atoms with E-state index in [1.54, 1.807) is 35.0 Å². The predicted octanol–water partition coefficient (Wildman–Crippen LogP) is 2.72. The molecule has 2 aromatic heterocycles. The Bertz CT molecular complexity index is 970. The van der Waals surface area contributed by atoms with E-state index in [2.05, 4.69) is 26.4 Å². The molecule has 2 unspecified atom stereocenters. The molecule has 1 aliphatic heterocycles. The minimum atomic E-state index is -4.42. The third-order valence-electron chi connectivity index (χ3n) is 4.49. The Labute approximate surface area is 157 Å². The second-order valence-corrected chi connectivity index (χ2v) is 6.41. The molecule has 0 spiro atoms. The van der Waals surface area contributed by atoms with Gasteiger partial charge in [-0.2, -0.15) is 18.7 Å². The monoisotopic (exact) mass is 392 g/mol. The average molecular weight is 392 g/mol. The van der Waals surface area contributed by atoms with Crippen molar-refractivity contribution in [2.45, 2.75) is 24.8 Å². The Morgan fingerprint density at radius 1 is 1.04 bits per heavy atom. The van der Waals surface area contributed by atoms with Crippen LogP contribution in [-0.2, 0) is 6.54 Å². The Kier molecular flexibility index (Phi) is 4.84. The maximum absolute atomic E-state index is 13.8. The van der Waals surface area contributed by atoms with Crippen LogP contribution in [0, 0.1) is 5.82 Å². The van der Waals surface area contributed by atoms with Crippen molar-refractivity contribution in [1.82, 2.24) is 30.9 Å². The number of rotatable bonds is 4. The first-order valence-corrected chi connectivity index (χ1v) is 8.46. The molecule has 146 valence electrons. The van der Waals surface area contributed by atoms with Crippen molar-refractivity contribution in [2.24, 2.45) is 0 Å². The molecule has 1 fully saturated rings. The van der Waals surface area contributed by atoms with Gasteiger partial charge in [0.25, 0.3) is 0 Å². The second-order valence-electron chi connectivity index (χ2n) is 6.41. The number of benzene rings is 1. The highest BCUT2D eigenvalue weighted by atomic mass is 19.4. The van der Waals surface area contributed by atoms with Crippen molar-refractivity contribution < 1.29 is 17.6 Å². The number of alkyl halides is 3. The van der Waals surface area contributed by atoms with E-state index in [9.17, 15) is 17.6 Å². The molecule has 4 rings (SSSR count). The molecule has 2 atom stereocenters. The largest absolute Gasteiger partial charge is 0.407 e. The molecule has 0 radical (unpaired) electrons. The van der Waals surface area contributed by atoms with Gasteiger partial charge < -0.3 is 4.57 Å². The van der Waals surface area contributed by atoms with E-state index in [4.69, 9.17) is 0 Å². The van der Waals surface area contributed by atoms with Gasteiger partial charge in [-0.3, -0.25) is 4.98 Å². The maximum atomic E-state index is 13.8. The minimum Gasteiger partial charge on any atom is -0.332 e. The number of pyridine rings is 1. The van der Waals surface area contributed by atoms with Gasteiger partial charge in [0.05, 0.1) is 24.6 Å². The van der Waals surface area contributed by atoms with E-state index < -0.39 is 18.3 Å². The van der Waals surface area contributed by atoms with Gasteiger partial charge >= 0.3 is 6.18 Å². The van der Waals surface area contributed by atoms with E-state index in [1.165, 1.54) is 24.7 Å². The number of hydrogen-bond acceptors (Lipinski definition) is 5. The Balaban J connectivity index is 1.57. The van der Waals surface area contributed by atoms with E-state index in [0.29, 0.717) is 22.5 Å². The highest BCUT2D eigenvalue weighted by molar-refractivity contribution is 5.54. The summed E-state index contributed by atoms with van der Waals surface area (Å²) in [6, 6.07) is 6.70. The van der Waals surface area contributed by atoms with Crippen LogP contribution < -0.4 is 16.4 Å². The van der Waals surface area contributed by atoms with Crippen molar-refractivity contribution in [3.8, 4) is 11.4 Å². The summed E-state index contributed by atoms with van der Waals surface area (Å²) in [5.74, 6) is -0.316. The molecule has 6 nitrogen and oxygen atoms in total. The Morgan fingerprint density at radius 2 is 1.86 bits per heavy atom. The van der Waals surface area contributed by atoms with Crippen molar-refractivity contribution >= 4 is 0 Å². The summed E-state index contributed by atoms with van der Waals surface area (Å²) in [7, 11) is 0. The van der Waals surface area contributed by atoms with Gasteiger partial charge in [0.2, 0.25) is 0 Å². The fourth-order valence-corrected chi connectivity index (χ4v) is 3.09. The van der Waals surface area contributed by atoms with E-state index >= 15 is 0 Å². The van der Waals surface area contributed by atoms with Crippen LogP contribution in [0.5, 0.6) is 0 Å². The number of hydrogen-bond donors (Lipinski definition) is 3. The fourth-order valence-electron chi connectivity index (χ4n) is 3.09. The molecule has 3 aromatic rings. The number of hydrazine groups is 2. The zero-order valence-corrected chi connectivity index (χ0v) is 14.4. The molecule has 0 aliphatic carbocycles. The van der Waals surface area contributed by atoms with Crippen LogP contribution in [0.25, 0.3) is 11.4 Å². The number of aromatic nitrogens is 3. The first-order valence-electron chi connectivity index (χ1n) is 8.46. The van der Waals surface area contributed by atoms with E-state index in [1.807, 2.05) is 0 Å². The molecule has 0 amide bonds. The number of halogens is 4. The van der Waals surface area contributed by atoms with Gasteiger partial charge in [-0.05, 0) is 23.8 Å². The quantitative estimate of drug-likeness (QED) is 0.596. The van der Waals surface area contributed by atoms with Crippen LogP contribution in [0.3, 0.4) is 0 Å². The van der Waals surface area contributed by atoms with Crippen LogP contribution in [0.1, 0.15) is 17.2 Å². The molecular formula is C18H16F4N6. The summed E-state index contributed by atoms with van der Waals surface area (Å²) >= 11 is 0. The van der Waals surface area contributed by atoms with Crippen molar-refractivity contribution in [2.75, 3.05) is 0 Å². The molecular weight excluding hydrogens is 376 g/mol. The normalized spacial score (nSPS) is 19.9. The van der Waals surface area contributed by atoms with Crippen LogP contribution in [0.4, 0.5) is 17.6 Å². The number of nitrogens with zero attached hydrogens (tertiary/aromatic N) is 3. The van der Waals surface area contributed by atoms with Crippen LogP contribution >= 0.6 is 0 Å². The van der Waals surface area contributed by atoms with Crippen LogP contribution in [-0.4, -0.2) is 26.8 Å². The molecule has 0 bridgehead atoms. The van der Waals surface area contributed by atoms with Crippen molar-refractivity contribution in [3.63, 3.8) is 0 Å². The lowest BCUT2D eigenvalue weighted by Crippen LogP contribution is -2.43. The molecule has 3 heterocycles. The lowest BCUT2D eigenvalue weighted by molar-refractivity contribution is -0.156. The number of nitrogens with one attached hydrogen (secondary N) is 3. The Morgan fingerprint density at radius 3 is 2.64 bits per heavy atom. The minimum absolute atomic E-state index is 0.285. The lowest BCUT2D eigenvalue weighted by atomic mass is 10.0. The smallest absolute Gasteiger partial charge is 0.332 e. The maximum Gasteiger partial charge on any atom is 0.407 e. The topological polar surface area (TPSA) is 66.8 Å². The van der Waals surface area contributed by atoms with Gasteiger partial charge in [0.1, 0.15) is 17.6 Å². The molecule has 1 aromatic carbocycles. The average Bonchev–Trinajstić information content (AvgIpc) is 3.33. The lowest BCUT2D eigenvalue weighted by Gasteiger charge is -2.21. The molecule has 28 heavy (non-hydrogen) atoms. The second kappa shape index (κ2) is 7.30. The van der Waals surface area contributed by atoms with Crippen molar-refractivity contribution in [3.05, 3.63) is 72.1 Å².